The van der Waals surface area contributed by atoms with Crippen molar-refractivity contribution in [2.75, 3.05) is 46.4 Å². The van der Waals surface area contributed by atoms with Crippen LogP contribution in [-0.2, 0) is 11.2 Å². The van der Waals surface area contributed by atoms with Crippen LogP contribution in [0.15, 0.2) is 29.3 Å². The fraction of sp³-hybridized carbons (Fsp3) is 0.667. The summed E-state index contributed by atoms with van der Waals surface area (Å²) in [6.45, 7) is 10.0. The molecular formula is C21H34N4O. The maximum atomic E-state index is 5.48. The summed E-state index contributed by atoms with van der Waals surface area (Å²) in [6, 6.07) is 8.88. The van der Waals surface area contributed by atoms with E-state index in [0.29, 0.717) is 5.92 Å². The molecule has 0 saturated carbocycles. The average Bonchev–Trinajstić information content (AvgIpc) is 2.69. The predicted octanol–water partition coefficient (Wildman–Crippen LogP) is 2.38. The minimum atomic E-state index is 0.0822. The van der Waals surface area contributed by atoms with E-state index >= 15 is 0 Å². The monoisotopic (exact) mass is 358 g/mol. The molecule has 3 rings (SSSR count). The van der Waals surface area contributed by atoms with Gasteiger partial charge in [-0.2, -0.15) is 0 Å². The van der Waals surface area contributed by atoms with Crippen LogP contribution in [0.4, 0.5) is 0 Å². The highest BCUT2D eigenvalue weighted by Gasteiger charge is 2.28. The minimum Gasteiger partial charge on any atom is -0.379 e. The number of nitrogens with zero attached hydrogens (tertiary/aromatic N) is 2. The molecule has 1 aromatic rings. The summed E-state index contributed by atoms with van der Waals surface area (Å²) >= 11 is 0. The van der Waals surface area contributed by atoms with Gasteiger partial charge in [-0.3, -0.25) is 9.89 Å². The predicted molar refractivity (Wildman–Crippen MR) is 108 cm³/mol. The van der Waals surface area contributed by atoms with Gasteiger partial charge in [0.15, 0.2) is 5.96 Å². The second-order valence-corrected chi connectivity index (χ2v) is 8.01. The molecule has 1 aromatic carbocycles. The Bertz CT molecular complexity index is 608. The molecule has 1 unspecified atom stereocenters. The maximum Gasteiger partial charge on any atom is 0.191 e. The van der Waals surface area contributed by atoms with E-state index in [2.05, 4.69) is 58.6 Å². The molecule has 0 bridgehead atoms. The molecule has 0 aromatic heterocycles. The van der Waals surface area contributed by atoms with Gasteiger partial charge < -0.3 is 15.4 Å². The molecule has 0 radical (unpaired) electrons. The highest BCUT2D eigenvalue weighted by Crippen LogP contribution is 2.30. The van der Waals surface area contributed by atoms with Crippen LogP contribution >= 0.6 is 0 Å². The van der Waals surface area contributed by atoms with Gasteiger partial charge in [0.1, 0.15) is 0 Å². The summed E-state index contributed by atoms with van der Waals surface area (Å²) in [5.74, 6) is 1.47. The molecule has 1 heterocycles. The van der Waals surface area contributed by atoms with Crippen LogP contribution in [0.2, 0.25) is 0 Å². The molecule has 26 heavy (non-hydrogen) atoms. The Morgan fingerprint density at radius 3 is 2.77 bits per heavy atom. The van der Waals surface area contributed by atoms with Gasteiger partial charge in [0.05, 0.1) is 13.2 Å². The number of ether oxygens (including phenoxy) is 1. The smallest absolute Gasteiger partial charge is 0.191 e. The number of aryl methyl sites for hydroxylation is 1. The normalized spacial score (nSPS) is 22.0. The molecule has 144 valence electrons. The van der Waals surface area contributed by atoms with Crippen molar-refractivity contribution in [3.8, 4) is 0 Å². The highest BCUT2D eigenvalue weighted by molar-refractivity contribution is 5.79. The third-order valence-corrected chi connectivity index (χ3v) is 5.79. The summed E-state index contributed by atoms with van der Waals surface area (Å²) in [5, 5.41) is 7.08. The molecule has 2 aliphatic rings. The quantitative estimate of drug-likeness (QED) is 0.627. The number of guanidine groups is 1. The van der Waals surface area contributed by atoms with Crippen molar-refractivity contribution < 1.29 is 4.74 Å². The van der Waals surface area contributed by atoms with Gasteiger partial charge in [-0.25, -0.2) is 0 Å². The number of hydrogen-bond donors (Lipinski definition) is 2. The molecule has 5 nitrogen and oxygen atoms in total. The molecule has 1 aliphatic heterocycles. The van der Waals surface area contributed by atoms with Crippen molar-refractivity contribution in [2.24, 2.45) is 4.99 Å². The van der Waals surface area contributed by atoms with Crippen LogP contribution in [0.3, 0.4) is 0 Å². The molecule has 1 aliphatic carbocycles. The Morgan fingerprint density at radius 1 is 1.23 bits per heavy atom. The van der Waals surface area contributed by atoms with E-state index in [0.717, 1.165) is 45.4 Å². The molecule has 1 fully saturated rings. The van der Waals surface area contributed by atoms with Gasteiger partial charge in [0, 0.05) is 44.7 Å². The van der Waals surface area contributed by atoms with Crippen molar-refractivity contribution in [1.29, 1.82) is 0 Å². The van der Waals surface area contributed by atoms with Crippen LogP contribution in [-0.4, -0.2) is 62.8 Å². The number of morpholine rings is 1. The summed E-state index contributed by atoms with van der Waals surface area (Å²) in [4.78, 5) is 6.92. The lowest BCUT2D eigenvalue weighted by molar-refractivity contribution is -0.00834. The SMILES string of the molecule is CN=C(NCC1CCCc2ccccc21)NCC(C)(C)N1CCOCC1. The van der Waals surface area contributed by atoms with E-state index in [4.69, 9.17) is 4.74 Å². The van der Waals surface area contributed by atoms with Crippen LogP contribution in [0.1, 0.15) is 43.7 Å². The van der Waals surface area contributed by atoms with Crippen LogP contribution in [0.5, 0.6) is 0 Å². The summed E-state index contributed by atoms with van der Waals surface area (Å²) in [7, 11) is 1.85. The maximum absolute atomic E-state index is 5.48. The molecule has 2 N–H and O–H groups in total. The van der Waals surface area contributed by atoms with Gasteiger partial charge in [-0.05, 0) is 44.2 Å². The number of rotatable bonds is 5. The van der Waals surface area contributed by atoms with Crippen molar-refractivity contribution in [2.45, 2.75) is 44.6 Å². The molecular weight excluding hydrogens is 324 g/mol. The Kier molecular flexibility index (Phi) is 6.54. The Balaban J connectivity index is 1.51. The topological polar surface area (TPSA) is 48.9 Å². The third kappa shape index (κ3) is 4.77. The van der Waals surface area contributed by atoms with Gasteiger partial charge >= 0.3 is 0 Å². The van der Waals surface area contributed by atoms with Crippen molar-refractivity contribution >= 4 is 5.96 Å². The van der Waals surface area contributed by atoms with Crippen molar-refractivity contribution in [1.82, 2.24) is 15.5 Å². The number of benzene rings is 1. The van der Waals surface area contributed by atoms with Gasteiger partial charge in [0.2, 0.25) is 0 Å². The van der Waals surface area contributed by atoms with Crippen LogP contribution < -0.4 is 10.6 Å². The minimum absolute atomic E-state index is 0.0822. The largest absolute Gasteiger partial charge is 0.379 e. The lowest BCUT2D eigenvalue weighted by Crippen LogP contribution is -2.56. The van der Waals surface area contributed by atoms with E-state index in [1.165, 1.54) is 30.4 Å². The van der Waals surface area contributed by atoms with E-state index in [1.807, 2.05) is 7.05 Å². The zero-order chi connectivity index (χ0) is 18.4. The fourth-order valence-corrected chi connectivity index (χ4v) is 4.09. The Labute approximate surface area is 158 Å². The zero-order valence-electron chi connectivity index (χ0n) is 16.6. The summed E-state index contributed by atoms with van der Waals surface area (Å²) < 4.78 is 5.48. The van der Waals surface area contributed by atoms with Crippen molar-refractivity contribution in [3.05, 3.63) is 35.4 Å². The highest BCUT2D eigenvalue weighted by atomic mass is 16.5. The first-order chi connectivity index (χ1) is 12.6. The Hall–Kier alpha value is -1.59. The number of nitrogens with one attached hydrogen (secondary N) is 2. The second-order valence-electron chi connectivity index (χ2n) is 8.01. The standard InChI is InChI=1S/C21H34N4O/c1-21(2,25-11-13-26-14-12-25)16-24-20(22-3)23-15-18-9-6-8-17-7-4-5-10-19(17)18/h4-5,7,10,18H,6,8-9,11-16H2,1-3H3,(H2,22,23,24). The van der Waals surface area contributed by atoms with Crippen LogP contribution in [0, 0.1) is 0 Å². The average molecular weight is 359 g/mol. The van der Waals surface area contributed by atoms with Gasteiger partial charge in [-0.15, -0.1) is 0 Å². The molecule has 1 saturated heterocycles. The first kappa shape index (κ1) is 19.2. The number of aliphatic imine (C=N–C) groups is 1. The molecule has 0 amide bonds. The molecule has 0 spiro atoms. The first-order valence-electron chi connectivity index (χ1n) is 9.95. The third-order valence-electron chi connectivity index (χ3n) is 5.79. The van der Waals surface area contributed by atoms with Gasteiger partial charge in [0.25, 0.3) is 0 Å². The molecule has 1 atom stereocenters. The van der Waals surface area contributed by atoms with Crippen LogP contribution in [0.25, 0.3) is 0 Å². The van der Waals surface area contributed by atoms with E-state index < -0.39 is 0 Å². The zero-order valence-corrected chi connectivity index (χ0v) is 16.6. The number of fused-ring (bicyclic) bond motifs is 1. The van der Waals surface area contributed by atoms with E-state index in [9.17, 15) is 0 Å². The first-order valence-corrected chi connectivity index (χ1v) is 9.95. The fourth-order valence-electron chi connectivity index (χ4n) is 4.09. The lowest BCUT2D eigenvalue weighted by atomic mass is 9.83. The van der Waals surface area contributed by atoms with E-state index in [1.54, 1.807) is 0 Å². The lowest BCUT2D eigenvalue weighted by Gasteiger charge is -2.41. The second kappa shape index (κ2) is 8.87. The summed E-state index contributed by atoms with van der Waals surface area (Å²) in [6.07, 6.45) is 3.74. The van der Waals surface area contributed by atoms with E-state index in [-0.39, 0.29) is 5.54 Å². The summed E-state index contributed by atoms with van der Waals surface area (Å²) in [5.41, 5.74) is 3.11. The number of hydrogen-bond acceptors (Lipinski definition) is 3. The Morgan fingerprint density at radius 2 is 2.00 bits per heavy atom. The molecule has 5 heteroatoms. The van der Waals surface area contributed by atoms with Gasteiger partial charge in [-0.1, -0.05) is 24.3 Å². The van der Waals surface area contributed by atoms with Crippen molar-refractivity contribution in [3.63, 3.8) is 0 Å².